The van der Waals surface area contributed by atoms with Gasteiger partial charge in [-0.2, -0.15) is 0 Å². The largest absolute Gasteiger partial charge is 0.323 e. The van der Waals surface area contributed by atoms with Crippen molar-refractivity contribution in [2.45, 2.75) is 25.3 Å². The highest BCUT2D eigenvalue weighted by Crippen LogP contribution is 2.33. The van der Waals surface area contributed by atoms with Crippen LogP contribution in [0.1, 0.15) is 29.9 Å². The maximum absolute atomic E-state index is 11.6. The topological polar surface area (TPSA) is 77.7 Å². The SMILES string of the molecule is O=c1[nH]c2ccc(C3CCN(Cc4ccc(-c5nc6cscc6nc5-c5ccccc5)cc4)CC3)cc2[nH]1. The second-order valence-electron chi connectivity index (χ2n) is 10.1. The highest BCUT2D eigenvalue weighted by Gasteiger charge is 2.21. The summed E-state index contributed by atoms with van der Waals surface area (Å²) in [5, 5.41) is 4.12. The third-order valence-electron chi connectivity index (χ3n) is 7.59. The number of fused-ring (bicyclic) bond motifs is 2. The molecule has 6 nitrogen and oxygen atoms in total. The molecule has 1 aliphatic rings. The quantitative estimate of drug-likeness (QED) is 0.271. The summed E-state index contributed by atoms with van der Waals surface area (Å²) >= 11 is 1.64. The Morgan fingerprint density at radius 3 is 2.16 bits per heavy atom. The van der Waals surface area contributed by atoms with Crippen molar-refractivity contribution in [1.29, 1.82) is 0 Å². The van der Waals surface area contributed by atoms with E-state index in [1.165, 1.54) is 11.1 Å². The number of likely N-dealkylation sites (tertiary alicyclic amines) is 1. The fraction of sp³-hybridized carbons (Fsp3) is 0.194. The van der Waals surface area contributed by atoms with Crippen LogP contribution in [0, 0.1) is 0 Å². The van der Waals surface area contributed by atoms with Gasteiger partial charge in [0.1, 0.15) is 11.0 Å². The Kier molecular flexibility index (Phi) is 5.87. The van der Waals surface area contributed by atoms with Crippen LogP contribution in [0.15, 0.2) is 88.4 Å². The molecule has 3 aromatic heterocycles. The average Bonchev–Trinajstić information content (AvgIpc) is 3.58. The number of benzene rings is 3. The normalized spacial score (nSPS) is 14.9. The van der Waals surface area contributed by atoms with Crippen LogP contribution in [-0.2, 0) is 6.54 Å². The molecule has 2 N–H and O–H groups in total. The lowest BCUT2D eigenvalue weighted by molar-refractivity contribution is 0.204. The fourth-order valence-corrected chi connectivity index (χ4v) is 6.22. The van der Waals surface area contributed by atoms with Gasteiger partial charge >= 0.3 is 5.69 Å². The number of hydrogen-bond donors (Lipinski definition) is 2. The molecule has 0 unspecified atom stereocenters. The number of piperidine rings is 1. The van der Waals surface area contributed by atoms with E-state index in [0.717, 1.165) is 77.1 Å². The molecule has 1 aliphatic heterocycles. The Labute approximate surface area is 224 Å². The zero-order valence-electron chi connectivity index (χ0n) is 20.9. The smallest absolute Gasteiger partial charge is 0.306 e. The van der Waals surface area contributed by atoms with Crippen molar-refractivity contribution in [1.82, 2.24) is 24.8 Å². The van der Waals surface area contributed by atoms with Gasteiger partial charge in [0, 0.05) is 28.4 Å². The lowest BCUT2D eigenvalue weighted by atomic mass is 9.89. The van der Waals surface area contributed by atoms with Crippen LogP contribution < -0.4 is 5.69 Å². The van der Waals surface area contributed by atoms with Gasteiger partial charge in [0.2, 0.25) is 0 Å². The molecule has 3 aromatic carbocycles. The first-order valence-electron chi connectivity index (χ1n) is 13.0. The second kappa shape index (κ2) is 9.67. The first-order valence-corrected chi connectivity index (χ1v) is 14.0. The molecule has 6 aromatic rings. The van der Waals surface area contributed by atoms with Crippen molar-refractivity contribution in [3.8, 4) is 22.5 Å². The third-order valence-corrected chi connectivity index (χ3v) is 8.31. The van der Waals surface area contributed by atoms with E-state index in [4.69, 9.17) is 9.97 Å². The molecule has 0 aliphatic carbocycles. The molecule has 188 valence electrons. The minimum atomic E-state index is -0.145. The summed E-state index contributed by atoms with van der Waals surface area (Å²) in [6, 6.07) is 25.4. The first kappa shape index (κ1) is 23.1. The van der Waals surface area contributed by atoms with Crippen LogP contribution in [0.25, 0.3) is 44.6 Å². The van der Waals surface area contributed by atoms with Gasteiger partial charge in [-0.15, -0.1) is 11.3 Å². The number of nitrogens with one attached hydrogen (secondary N) is 2. The number of hydrogen-bond acceptors (Lipinski definition) is 5. The van der Waals surface area contributed by atoms with E-state index < -0.39 is 0 Å². The number of aromatic amines is 2. The van der Waals surface area contributed by atoms with Crippen LogP contribution in [0.2, 0.25) is 0 Å². The molecule has 0 spiro atoms. The molecular weight excluding hydrogens is 490 g/mol. The maximum atomic E-state index is 11.6. The van der Waals surface area contributed by atoms with Crippen molar-refractivity contribution < 1.29 is 0 Å². The van der Waals surface area contributed by atoms with Gasteiger partial charge in [0.15, 0.2) is 0 Å². The summed E-state index contributed by atoms with van der Waals surface area (Å²) in [5.74, 6) is 0.526. The van der Waals surface area contributed by atoms with E-state index >= 15 is 0 Å². The van der Waals surface area contributed by atoms with Crippen molar-refractivity contribution in [2.75, 3.05) is 13.1 Å². The third kappa shape index (κ3) is 4.44. The van der Waals surface area contributed by atoms with Crippen molar-refractivity contribution in [2.24, 2.45) is 0 Å². The Morgan fingerprint density at radius 2 is 1.45 bits per heavy atom. The van der Waals surface area contributed by atoms with E-state index in [1.807, 2.05) is 24.3 Å². The van der Waals surface area contributed by atoms with E-state index in [1.54, 1.807) is 11.3 Å². The molecule has 0 radical (unpaired) electrons. The van der Waals surface area contributed by atoms with Crippen LogP contribution >= 0.6 is 11.3 Å². The standard InChI is InChI=1S/C31H27N5OS/c37-31-34-25-11-10-24(16-26(25)35-31)21-12-14-36(15-13-21)17-20-6-8-23(9-7-20)30-29(22-4-2-1-3-5-22)32-27-18-38-19-28(27)33-30/h1-11,16,18-19,21H,12-15,17H2,(H2,34,35,37). The average molecular weight is 518 g/mol. The summed E-state index contributed by atoms with van der Waals surface area (Å²) < 4.78 is 0. The maximum Gasteiger partial charge on any atom is 0.323 e. The van der Waals surface area contributed by atoms with Crippen LogP contribution in [0.4, 0.5) is 0 Å². The lowest BCUT2D eigenvalue weighted by Crippen LogP contribution is -2.32. The van der Waals surface area contributed by atoms with Gasteiger partial charge in [-0.05, 0) is 55.1 Å². The monoisotopic (exact) mass is 517 g/mol. The van der Waals surface area contributed by atoms with Crippen molar-refractivity contribution in [3.05, 3.63) is 105 Å². The molecule has 1 fully saturated rings. The summed E-state index contributed by atoms with van der Waals surface area (Å²) in [7, 11) is 0. The van der Waals surface area contributed by atoms with E-state index in [0.29, 0.717) is 5.92 Å². The molecule has 7 rings (SSSR count). The lowest BCUT2D eigenvalue weighted by Gasteiger charge is -2.32. The predicted octanol–water partition coefficient (Wildman–Crippen LogP) is 6.57. The Balaban J connectivity index is 1.07. The molecule has 0 atom stereocenters. The van der Waals surface area contributed by atoms with Crippen LogP contribution in [0.5, 0.6) is 0 Å². The Morgan fingerprint density at radius 1 is 0.789 bits per heavy atom. The minimum Gasteiger partial charge on any atom is -0.306 e. The van der Waals surface area contributed by atoms with Gasteiger partial charge in [-0.25, -0.2) is 14.8 Å². The number of H-pyrrole nitrogens is 2. The van der Waals surface area contributed by atoms with Gasteiger partial charge in [0.25, 0.3) is 0 Å². The van der Waals surface area contributed by atoms with Crippen LogP contribution in [-0.4, -0.2) is 37.9 Å². The molecular formula is C31H27N5OS. The van der Waals surface area contributed by atoms with Crippen molar-refractivity contribution in [3.63, 3.8) is 0 Å². The summed E-state index contributed by atoms with van der Waals surface area (Å²) in [4.78, 5) is 29.8. The van der Waals surface area contributed by atoms with E-state index in [-0.39, 0.29) is 5.69 Å². The van der Waals surface area contributed by atoms with E-state index in [9.17, 15) is 4.79 Å². The van der Waals surface area contributed by atoms with Gasteiger partial charge < -0.3 is 9.97 Å². The first-order chi connectivity index (χ1) is 18.7. The molecule has 0 amide bonds. The fourth-order valence-electron chi connectivity index (χ4n) is 5.55. The zero-order chi connectivity index (χ0) is 25.5. The molecule has 4 heterocycles. The van der Waals surface area contributed by atoms with Gasteiger partial charge in [-0.3, -0.25) is 4.90 Å². The Bertz CT molecular complexity index is 1780. The van der Waals surface area contributed by atoms with Crippen LogP contribution in [0.3, 0.4) is 0 Å². The van der Waals surface area contributed by atoms with E-state index in [2.05, 4.69) is 74.2 Å². The molecule has 38 heavy (non-hydrogen) atoms. The highest BCUT2D eigenvalue weighted by molar-refractivity contribution is 7.09. The second-order valence-corrected chi connectivity index (χ2v) is 10.8. The number of imidazole rings is 1. The zero-order valence-corrected chi connectivity index (χ0v) is 21.7. The van der Waals surface area contributed by atoms with Gasteiger partial charge in [0.05, 0.1) is 22.4 Å². The molecule has 1 saturated heterocycles. The predicted molar refractivity (Wildman–Crippen MR) is 154 cm³/mol. The summed E-state index contributed by atoms with van der Waals surface area (Å²) in [6.07, 6.45) is 2.24. The molecule has 7 heteroatoms. The minimum absolute atomic E-state index is 0.145. The summed E-state index contributed by atoms with van der Waals surface area (Å²) in [5.41, 5.74) is 10.2. The number of nitrogens with zero attached hydrogens (tertiary/aromatic N) is 3. The van der Waals surface area contributed by atoms with Gasteiger partial charge in [-0.1, -0.05) is 60.7 Å². The number of thiophene rings is 1. The Hall–Kier alpha value is -4.07. The van der Waals surface area contributed by atoms with Crippen molar-refractivity contribution >= 4 is 33.4 Å². The molecule has 0 bridgehead atoms. The molecule has 0 saturated carbocycles. The number of rotatable bonds is 5. The number of aromatic nitrogens is 4. The summed E-state index contributed by atoms with van der Waals surface area (Å²) in [6.45, 7) is 3.07. The highest BCUT2D eigenvalue weighted by atomic mass is 32.1.